The van der Waals surface area contributed by atoms with Crippen LogP contribution in [-0.4, -0.2) is 15.0 Å². The van der Waals surface area contributed by atoms with Gasteiger partial charge in [-0.05, 0) is 18.2 Å². The molecule has 0 aliphatic rings. The minimum absolute atomic E-state index is 0.0145. The van der Waals surface area contributed by atoms with E-state index in [1.807, 2.05) is 66.7 Å². The third-order valence-electron chi connectivity index (χ3n) is 4.05. The van der Waals surface area contributed by atoms with Gasteiger partial charge in [-0.2, -0.15) is 5.26 Å². The average molecular weight is 352 g/mol. The Morgan fingerprint density at radius 2 is 1.11 bits per heavy atom. The zero-order chi connectivity index (χ0) is 18.6. The number of nitriles is 1. The maximum atomic E-state index is 14.1. The summed E-state index contributed by atoms with van der Waals surface area (Å²) in [6, 6.07) is 25.3. The first kappa shape index (κ1) is 16.6. The van der Waals surface area contributed by atoms with Gasteiger partial charge in [0.05, 0.1) is 5.56 Å². The van der Waals surface area contributed by atoms with Crippen molar-refractivity contribution in [1.82, 2.24) is 15.0 Å². The maximum Gasteiger partial charge on any atom is 0.164 e. The highest BCUT2D eigenvalue weighted by Crippen LogP contribution is 2.25. The second kappa shape index (κ2) is 7.14. The molecule has 0 spiro atoms. The Balaban J connectivity index is 1.91. The Bertz CT molecular complexity index is 1080. The lowest BCUT2D eigenvalue weighted by Gasteiger charge is -2.08. The van der Waals surface area contributed by atoms with Crippen LogP contribution in [0.5, 0.6) is 0 Å². The summed E-state index contributed by atoms with van der Waals surface area (Å²) < 4.78 is 14.1. The molecule has 4 rings (SSSR count). The van der Waals surface area contributed by atoms with E-state index < -0.39 is 5.82 Å². The fraction of sp³-hybridized carbons (Fsp3) is 0. The van der Waals surface area contributed by atoms with Crippen molar-refractivity contribution in [3.8, 4) is 40.2 Å². The maximum absolute atomic E-state index is 14.1. The Hall–Kier alpha value is -3.91. The van der Waals surface area contributed by atoms with Gasteiger partial charge < -0.3 is 0 Å². The number of nitrogens with zero attached hydrogens (tertiary/aromatic N) is 4. The van der Waals surface area contributed by atoms with Gasteiger partial charge in [0.15, 0.2) is 17.5 Å². The second-order valence-electron chi connectivity index (χ2n) is 5.84. The van der Waals surface area contributed by atoms with Gasteiger partial charge >= 0.3 is 0 Å². The third kappa shape index (κ3) is 3.42. The van der Waals surface area contributed by atoms with E-state index in [1.165, 1.54) is 12.1 Å². The zero-order valence-corrected chi connectivity index (χ0v) is 14.2. The Kier molecular flexibility index (Phi) is 4.38. The number of halogens is 1. The predicted octanol–water partition coefficient (Wildman–Crippen LogP) is 4.88. The molecular weight excluding hydrogens is 339 g/mol. The SMILES string of the molecule is N#Cc1ccc(-c2nc(-c3ccccc3)nc(-c3ccccc3)n2)cc1F. The molecule has 4 aromatic rings. The van der Waals surface area contributed by atoms with Gasteiger partial charge in [0.25, 0.3) is 0 Å². The van der Waals surface area contributed by atoms with Crippen LogP contribution >= 0.6 is 0 Å². The smallest absolute Gasteiger partial charge is 0.164 e. The van der Waals surface area contributed by atoms with E-state index >= 15 is 0 Å². The molecule has 0 bridgehead atoms. The van der Waals surface area contributed by atoms with E-state index in [1.54, 1.807) is 6.07 Å². The van der Waals surface area contributed by atoms with Crippen LogP contribution < -0.4 is 0 Å². The van der Waals surface area contributed by atoms with Crippen LogP contribution in [0.2, 0.25) is 0 Å². The molecule has 0 saturated heterocycles. The molecule has 0 unspecified atom stereocenters. The first-order chi connectivity index (χ1) is 13.2. The van der Waals surface area contributed by atoms with Crippen molar-refractivity contribution in [2.75, 3.05) is 0 Å². The first-order valence-corrected chi connectivity index (χ1v) is 8.31. The van der Waals surface area contributed by atoms with Crippen LogP contribution in [-0.2, 0) is 0 Å². The van der Waals surface area contributed by atoms with Gasteiger partial charge in [-0.25, -0.2) is 19.3 Å². The largest absolute Gasteiger partial charge is 0.208 e. The van der Waals surface area contributed by atoms with E-state index in [0.29, 0.717) is 23.0 Å². The van der Waals surface area contributed by atoms with Crippen molar-refractivity contribution in [3.05, 3.63) is 90.2 Å². The quantitative estimate of drug-likeness (QED) is 0.527. The molecule has 0 aliphatic heterocycles. The molecule has 0 amide bonds. The lowest BCUT2D eigenvalue weighted by atomic mass is 10.1. The standard InChI is InChI=1S/C22H13FN4/c23-19-13-17(11-12-18(19)14-24)22-26-20(15-7-3-1-4-8-15)25-21(27-22)16-9-5-2-6-10-16/h1-13H. The van der Waals surface area contributed by atoms with Crippen LogP contribution in [0.1, 0.15) is 5.56 Å². The molecule has 128 valence electrons. The van der Waals surface area contributed by atoms with Crippen LogP contribution in [0, 0.1) is 17.1 Å². The molecule has 3 aromatic carbocycles. The predicted molar refractivity (Wildman–Crippen MR) is 101 cm³/mol. The highest BCUT2D eigenvalue weighted by Gasteiger charge is 2.13. The van der Waals surface area contributed by atoms with Crippen molar-refractivity contribution in [3.63, 3.8) is 0 Å². The second-order valence-corrected chi connectivity index (χ2v) is 5.84. The minimum atomic E-state index is -0.599. The summed E-state index contributed by atoms with van der Waals surface area (Å²) in [5, 5.41) is 8.93. The molecule has 0 N–H and O–H groups in total. The van der Waals surface area contributed by atoms with Gasteiger partial charge in [0.2, 0.25) is 0 Å². The summed E-state index contributed by atoms with van der Waals surface area (Å²) in [6.07, 6.45) is 0. The molecule has 0 radical (unpaired) electrons. The van der Waals surface area contributed by atoms with Crippen LogP contribution in [0.25, 0.3) is 34.2 Å². The van der Waals surface area contributed by atoms with Crippen molar-refractivity contribution in [2.45, 2.75) is 0 Å². The number of benzene rings is 3. The average Bonchev–Trinajstić information content (AvgIpc) is 2.74. The third-order valence-corrected chi connectivity index (χ3v) is 4.05. The Morgan fingerprint density at radius 1 is 0.630 bits per heavy atom. The van der Waals surface area contributed by atoms with Crippen molar-refractivity contribution in [1.29, 1.82) is 5.26 Å². The van der Waals surface area contributed by atoms with Crippen LogP contribution in [0.4, 0.5) is 4.39 Å². The number of aromatic nitrogens is 3. The molecule has 0 atom stereocenters. The number of hydrogen-bond donors (Lipinski definition) is 0. The van der Waals surface area contributed by atoms with E-state index in [2.05, 4.69) is 15.0 Å². The number of hydrogen-bond acceptors (Lipinski definition) is 4. The van der Waals surface area contributed by atoms with Gasteiger partial charge in [0, 0.05) is 16.7 Å². The van der Waals surface area contributed by atoms with Crippen molar-refractivity contribution in [2.24, 2.45) is 0 Å². The van der Waals surface area contributed by atoms with Crippen molar-refractivity contribution < 1.29 is 4.39 Å². The van der Waals surface area contributed by atoms with Gasteiger partial charge in [-0.15, -0.1) is 0 Å². The van der Waals surface area contributed by atoms with Crippen LogP contribution in [0.3, 0.4) is 0 Å². The normalized spacial score (nSPS) is 10.4. The minimum Gasteiger partial charge on any atom is -0.208 e. The first-order valence-electron chi connectivity index (χ1n) is 8.31. The molecule has 5 heteroatoms. The van der Waals surface area contributed by atoms with E-state index in [4.69, 9.17) is 5.26 Å². The molecule has 0 aliphatic carbocycles. The molecule has 1 heterocycles. The van der Waals surface area contributed by atoms with Gasteiger partial charge in [-0.1, -0.05) is 60.7 Å². The zero-order valence-electron chi connectivity index (χ0n) is 14.2. The Labute approximate surface area is 155 Å². The summed E-state index contributed by atoms with van der Waals surface area (Å²) in [4.78, 5) is 13.6. The lowest BCUT2D eigenvalue weighted by molar-refractivity contribution is 0.624. The van der Waals surface area contributed by atoms with E-state index in [-0.39, 0.29) is 5.56 Å². The summed E-state index contributed by atoms with van der Waals surface area (Å²) in [5.74, 6) is 0.762. The molecule has 0 saturated carbocycles. The summed E-state index contributed by atoms with van der Waals surface area (Å²) in [7, 11) is 0. The van der Waals surface area contributed by atoms with Crippen LogP contribution in [0.15, 0.2) is 78.9 Å². The fourth-order valence-corrected chi connectivity index (χ4v) is 2.68. The lowest BCUT2D eigenvalue weighted by Crippen LogP contribution is -2.00. The molecule has 0 fully saturated rings. The summed E-state index contributed by atoms with van der Waals surface area (Å²) in [5.41, 5.74) is 2.16. The molecule has 4 nitrogen and oxygen atoms in total. The fourth-order valence-electron chi connectivity index (χ4n) is 2.68. The summed E-state index contributed by atoms with van der Waals surface area (Å²) >= 11 is 0. The Morgan fingerprint density at radius 3 is 1.56 bits per heavy atom. The molecular formula is C22H13FN4. The molecule has 27 heavy (non-hydrogen) atoms. The summed E-state index contributed by atoms with van der Waals surface area (Å²) in [6.45, 7) is 0. The van der Waals surface area contributed by atoms with Gasteiger partial charge in [0.1, 0.15) is 11.9 Å². The topological polar surface area (TPSA) is 62.5 Å². The monoisotopic (exact) mass is 352 g/mol. The van der Waals surface area contributed by atoms with Gasteiger partial charge in [-0.3, -0.25) is 0 Å². The van der Waals surface area contributed by atoms with E-state index in [0.717, 1.165) is 11.1 Å². The van der Waals surface area contributed by atoms with Crippen molar-refractivity contribution >= 4 is 0 Å². The highest BCUT2D eigenvalue weighted by molar-refractivity contribution is 5.66. The molecule has 1 aromatic heterocycles. The van der Waals surface area contributed by atoms with E-state index in [9.17, 15) is 4.39 Å². The number of rotatable bonds is 3. The highest BCUT2D eigenvalue weighted by atomic mass is 19.1.